The van der Waals surface area contributed by atoms with Crippen LogP contribution < -0.4 is 5.32 Å². The van der Waals surface area contributed by atoms with E-state index in [1.54, 1.807) is 0 Å². The molecule has 0 bridgehead atoms. The van der Waals surface area contributed by atoms with E-state index in [9.17, 15) is 4.79 Å². The number of nitrogens with zero attached hydrogens (tertiary/aromatic N) is 2. The third-order valence-corrected chi connectivity index (χ3v) is 4.60. The molecule has 0 aromatic carbocycles. The highest BCUT2D eigenvalue weighted by Gasteiger charge is 2.26. The summed E-state index contributed by atoms with van der Waals surface area (Å²) in [5.41, 5.74) is 1.08. The van der Waals surface area contributed by atoms with Crippen LogP contribution in [0.25, 0.3) is 0 Å². The number of hydrogen-bond acceptors (Lipinski definition) is 3. The van der Waals surface area contributed by atoms with E-state index >= 15 is 0 Å². The lowest BCUT2D eigenvalue weighted by molar-refractivity contribution is -0.140. The molecule has 2 atom stereocenters. The van der Waals surface area contributed by atoms with Crippen molar-refractivity contribution < 1.29 is 9.90 Å². The van der Waals surface area contributed by atoms with E-state index in [1.807, 2.05) is 0 Å². The zero-order valence-corrected chi connectivity index (χ0v) is 11.8. The predicted molar refractivity (Wildman–Crippen MR) is 75.6 cm³/mol. The number of nitrogens with one attached hydrogen (secondary N) is 1. The molecule has 1 aromatic heterocycles. The van der Waals surface area contributed by atoms with E-state index in [4.69, 9.17) is 5.11 Å². The van der Waals surface area contributed by atoms with E-state index < -0.39 is 5.97 Å². The maximum atomic E-state index is 11.0. The summed E-state index contributed by atoms with van der Waals surface area (Å²) in [4.78, 5) is 11.0. The molecule has 3 rings (SSSR count). The summed E-state index contributed by atoms with van der Waals surface area (Å²) in [6, 6.07) is 2.53. The van der Waals surface area contributed by atoms with Crippen LogP contribution >= 0.6 is 0 Å². The Kier molecular flexibility index (Phi) is 4.05. The molecule has 5 heteroatoms. The van der Waals surface area contributed by atoms with Crippen molar-refractivity contribution in [1.29, 1.82) is 0 Å². The highest BCUT2D eigenvalue weighted by Crippen LogP contribution is 2.28. The van der Waals surface area contributed by atoms with Crippen LogP contribution in [-0.2, 0) is 11.2 Å². The van der Waals surface area contributed by atoms with Gasteiger partial charge in [-0.2, -0.15) is 5.10 Å². The molecular formula is C15H23N3O2. The van der Waals surface area contributed by atoms with Crippen molar-refractivity contribution in [3.8, 4) is 0 Å². The molecule has 2 unspecified atom stereocenters. The Balaban J connectivity index is 1.58. The summed E-state index contributed by atoms with van der Waals surface area (Å²) in [7, 11) is 0. The van der Waals surface area contributed by atoms with E-state index in [-0.39, 0.29) is 12.1 Å². The van der Waals surface area contributed by atoms with E-state index in [1.165, 1.54) is 25.7 Å². The molecular weight excluding hydrogens is 254 g/mol. The molecule has 1 saturated heterocycles. The van der Waals surface area contributed by atoms with Gasteiger partial charge in [-0.25, -0.2) is 0 Å². The first-order valence-corrected chi connectivity index (χ1v) is 7.75. The molecule has 5 nitrogen and oxygen atoms in total. The lowest BCUT2D eigenvalue weighted by Crippen LogP contribution is -2.47. The van der Waals surface area contributed by atoms with Crippen LogP contribution in [0.5, 0.6) is 0 Å². The molecule has 0 amide bonds. The van der Waals surface area contributed by atoms with Gasteiger partial charge >= 0.3 is 5.97 Å². The first-order valence-electron chi connectivity index (χ1n) is 7.75. The van der Waals surface area contributed by atoms with Gasteiger partial charge in [-0.05, 0) is 38.2 Å². The van der Waals surface area contributed by atoms with Crippen LogP contribution in [0.3, 0.4) is 0 Å². The van der Waals surface area contributed by atoms with Gasteiger partial charge in [0, 0.05) is 18.7 Å². The molecule has 110 valence electrons. The van der Waals surface area contributed by atoms with Crippen LogP contribution in [0.2, 0.25) is 0 Å². The van der Waals surface area contributed by atoms with E-state index in [0.717, 1.165) is 31.4 Å². The van der Waals surface area contributed by atoms with Gasteiger partial charge in [0.15, 0.2) is 0 Å². The first kappa shape index (κ1) is 13.6. The van der Waals surface area contributed by atoms with Crippen molar-refractivity contribution in [1.82, 2.24) is 15.1 Å². The predicted octanol–water partition coefficient (Wildman–Crippen LogP) is 2.14. The molecule has 1 aromatic rings. The number of rotatable bonds is 4. The largest absolute Gasteiger partial charge is 0.480 e. The molecule has 1 aliphatic carbocycles. The van der Waals surface area contributed by atoms with Gasteiger partial charge in [0.05, 0.1) is 11.7 Å². The Labute approximate surface area is 119 Å². The van der Waals surface area contributed by atoms with Crippen molar-refractivity contribution in [2.75, 3.05) is 0 Å². The Hall–Kier alpha value is -1.36. The number of aliphatic carboxylic acids is 1. The molecule has 2 heterocycles. The zero-order valence-electron chi connectivity index (χ0n) is 11.8. The normalized spacial score (nSPS) is 27.8. The summed E-state index contributed by atoms with van der Waals surface area (Å²) in [5, 5.41) is 17.0. The first-order chi connectivity index (χ1) is 9.72. The van der Waals surface area contributed by atoms with Gasteiger partial charge in [-0.3, -0.25) is 9.48 Å². The van der Waals surface area contributed by atoms with Gasteiger partial charge in [0.2, 0.25) is 0 Å². The Morgan fingerprint density at radius 1 is 1.30 bits per heavy atom. The average Bonchev–Trinajstić information content (AvgIpc) is 3.09. The van der Waals surface area contributed by atoms with Gasteiger partial charge in [0.25, 0.3) is 0 Å². The molecule has 0 radical (unpaired) electrons. The number of piperidine rings is 1. The fourth-order valence-electron chi connectivity index (χ4n) is 3.49. The standard InChI is InChI=1S/C15H23N3O2/c19-15(20)14-7-3-4-11(16-14)10-12-8-9-18(17-12)13-5-1-2-6-13/h8-9,11,13-14,16H,1-7,10H2,(H,19,20). The average molecular weight is 277 g/mol. The highest BCUT2D eigenvalue weighted by atomic mass is 16.4. The maximum Gasteiger partial charge on any atom is 0.320 e. The second kappa shape index (κ2) is 5.95. The minimum atomic E-state index is -0.730. The lowest BCUT2D eigenvalue weighted by Gasteiger charge is -2.28. The van der Waals surface area contributed by atoms with Crippen LogP contribution in [0.15, 0.2) is 12.3 Å². The number of hydrogen-bond donors (Lipinski definition) is 2. The second-order valence-corrected chi connectivity index (χ2v) is 6.11. The van der Waals surface area contributed by atoms with Crippen molar-refractivity contribution in [3.63, 3.8) is 0 Å². The fourth-order valence-corrected chi connectivity index (χ4v) is 3.49. The van der Waals surface area contributed by atoms with Gasteiger partial charge in [-0.1, -0.05) is 12.8 Å². The van der Waals surface area contributed by atoms with Crippen LogP contribution in [0.1, 0.15) is 56.7 Å². The monoisotopic (exact) mass is 277 g/mol. The smallest absolute Gasteiger partial charge is 0.320 e. The van der Waals surface area contributed by atoms with Gasteiger partial charge in [0.1, 0.15) is 6.04 Å². The minimum absolute atomic E-state index is 0.247. The van der Waals surface area contributed by atoms with Crippen molar-refractivity contribution >= 4 is 5.97 Å². The highest BCUT2D eigenvalue weighted by molar-refractivity contribution is 5.73. The SMILES string of the molecule is O=C(O)C1CCCC(Cc2ccn(C3CCCC3)n2)N1. The van der Waals surface area contributed by atoms with Crippen LogP contribution in [0.4, 0.5) is 0 Å². The molecule has 2 aliphatic rings. The number of carbonyl (C=O) groups is 1. The van der Waals surface area contributed by atoms with Crippen molar-refractivity contribution in [2.45, 2.75) is 69.5 Å². The third-order valence-electron chi connectivity index (χ3n) is 4.60. The van der Waals surface area contributed by atoms with E-state index in [0.29, 0.717) is 6.04 Å². The topological polar surface area (TPSA) is 67.1 Å². The number of carboxylic acids is 1. The van der Waals surface area contributed by atoms with Gasteiger partial charge in [-0.15, -0.1) is 0 Å². The Morgan fingerprint density at radius 2 is 2.10 bits per heavy atom. The Morgan fingerprint density at radius 3 is 2.85 bits per heavy atom. The summed E-state index contributed by atoms with van der Waals surface area (Å²) in [5.74, 6) is -0.730. The summed E-state index contributed by atoms with van der Waals surface area (Å²) >= 11 is 0. The van der Waals surface area contributed by atoms with Crippen molar-refractivity contribution in [2.24, 2.45) is 0 Å². The summed E-state index contributed by atoms with van der Waals surface area (Å²) in [6.07, 6.45) is 10.8. The number of carboxylic acid groups (broad SMARTS) is 1. The van der Waals surface area contributed by atoms with E-state index in [2.05, 4.69) is 27.4 Å². The lowest BCUT2D eigenvalue weighted by atomic mass is 9.95. The molecule has 1 saturated carbocycles. The molecule has 2 fully saturated rings. The maximum absolute atomic E-state index is 11.0. The molecule has 20 heavy (non-hydrogen) atoms. The van der Waals surface area contributed by atoms with Crippen molar-refractivity contribution in [3.05, 3.63) is 18.0 Å². The molecule has 2 N–H and O–H groups in total. The molecule has 0 spiro atoms. The third kappa shape index (κ3) is 3.03. The van der Waals surface area contributed by atoms with Gasteiger partial charge < -0.3 is 10.4 Å². The summed E-state index contributed by atoms with van der Waals surface area (Å²) < 4.78 is 2.11. The zero-order chi connectivity index (χ0) is 13.9. The van der Waals surface area contributed by atoms with Crippen LogP contribution in [0, 0.1) is 0 Å². The number of aromatic nitrogens is 2. The Bertz CT molecular complexity index is 465. The summed E-state index contributed by atoms with van der Waals surface area (Å²) in [6.45, 7) is 0. The molecule has 1 aliphatic heterocycles. The van der Waals surface area contributed by atoms with Crippen LogP contribution in [-0.4, -0.2) is 32.9 Å². The minimum Gasteiger partial charge on any atom is -0.480 e. The quantitative estimate of drug-likeness (QED) is 0.885. The fraction of sp³-hybridized carbons (Fsp3) is 0.733. The second-order valence-electron chi connectivity index (χ2n) is 6.11.